The number of primary sulfonamides is 1. The summed E-state index contributed by atoms with van der Waals surface area (Å²) >= 11 is 0. The standard InChI is InChI=1S/C13H17FN2O3S/c1-3-8-5-10(8)16-13(17)9-4-7(2)12(14)11(6-9)20(15,18)19/h4,6,8,10H,3,5H2,1-2H3,(H,16,17)(H2,15,18,19). The van der Waals surface area contributed by atoms with Crippen LogP contribution in [0.25, 0.3) is 0 Å². The van der Waals surface area contributed by atoms with Crippen molar-refractivity contribution in [2.45, 2.75) is 37.6 Å². The smallest absolute Gasteiger partial charge is 0.251 e. The summed E-state index contributed by atoms with van der Waals surface area (Å²) in [7, 11) is -4.20. The number of rotatable bonds is 4. The number of hydrogen-bond donors (Lipinski definition) is 2. The average Bonchev–Trinajstić information content (AvgIpc) is 3.09. The van der Waals surface area contributed by atoms with E-state index in [1.807, 2.05) is 6.92 Å². The maximum absolute atomic E-state index is 13.7. The van der Waals surface area contributed by atoms with Crippen molar-refractivity contribution in [2.75, 3.05) is 0 Å². The molecule has 0 radical (unpaired) electrons. The highest BCUT2D eigenvalue weighted by molar-refractivity contribution is 7.89. The van der Waals surface area contributed by atoms with E-state index in [9.17, 15) is 17.6 Å². The van der Waals surface area contributed by atoms with Crippen LogP contribution in [-0.2, 0) is 10.0 Å². The van der Waals surface area contributed by atoms with E-state index in [4.69, 9.17) is 5.14 Å². The molecule has 20 heavy (non-hydrogen) atoms. The van der Waals surface area contributed by atoms with E-state index in [-0.39, 0.29) is 17.2 Å². The number of sulfonamides is 1. The third-order valence-corrected chi connectivity index (χ3v) is 4.46. The van der Waals surface area contributed by atoms with Crippen LogP contribution in [0.2, 0.25) is 0 Å². The molecule has 0 aliphatic heterocycles. The van der Waals surface area contributed by atoms with E-state index in [1.54, 1.807) is 0 Å². The number of nitrogens with one attached hydrogen (secondary N) is 1. The Morgan fingerprint density at radius 2 is 2.15 bits per heavy atom. The van der Waals surface area contributed by atoms with Crippen molar-refractivity contribution in [2.24, 2.45) is 11.1 Å². The number of aryl methyl sites for hydroxylation is 1. The van der Waals surface area contributed by atoms with Gasteiger partial charge in [0, 0.05) is 11.6 Å². The van der Waals surface area contributed by atoms with Crippen molar-refractivity contribution in [3.63, 3.8) is 0 Å². The van der Waals surface area contributed by atoms with E-state index in [0.29, 0.717) is 5.92 Å². The fourth-order valence-electron chi connectivity index (χ4n) is 2.20. The second-order valence-electron chi connectivity index (χ2n) is 5.13. The highest BCUT2D eigenvalue weighted by atomic mass is 32.2. The van der Waals surface area contributed by atoms with Crippen molar-refractivity contribution >= 4 is 15.9 Å². The quantitative estimate of drug-likeness (QED) is 0.878. The van der Waals surface area contributed by atoms with E-state index < -0.39 is 26.6 Å². The van der Waals surface area contributed by atoms with E-state index in [1.165, 1.54) is 13.0 Å². The summed E-state index contributed by atoms with van der Waals surface area (Å²) in [5.74, 6) is -0.848. The van der Waals surface area contributed by atoms with Crippen LogP contribution in [0.3, 0.4) is 0 Å². The molecule has 0 saturated heterocycles. The van der Waals surface area contributed by atoms with Gasteiger partial charge in [0.15, 0.2) is 0 Å². The Morgan fingerprint density at radius 3 is 2.65 bits per heavy atom. The third kappa shape index (κ3) is 2.99. The maximum atomic E-state index is 13.7. The molecule has 0 bridgehead atoms. The molecular formula is C13H17FN2O3S. The Labute approximate surface area is 117 Å². The fourth-order valence-corrected chi connectivity index (χ4v) is 2.90. The predicted molar refractivity (Wildman–Crippen MR) is 72.2 cm³/mol. The van der Waals surface area contributed by atoms with Crippen molar-refractivity contribution in [1.29, 1.82) is 0 Å². The summed E-state index contributed by atoms with van der Waals surface area (Å²) in [4.78, 5) is 11.4. The van der Waals surface area contributed by atoms with Crippen LogP contribution in [0.5, 0.6) is 0 Å². The zero-order valence-corrected chi connectivity index (χ0v) is 12.1. The van der Waals surface area contributed by atoms with E-state index in [2.05, 4.69) is 5.32 Å². The number of halogens is 1. The molecule has 1 aliphatic carbocycles. The van der Waals surface area contributed by atoms with Crippen LogP contribution in [0.15, 0.2) is 17.0 Å². The van der Waals surface area contributed by atoms with E-state index >= 15 is 0 Å². The summed E-state index contributed by atoms with van der Waals surface area (Å²) in [5, 5.41) is 7.75. The van der Waals surface area contributed by atoms with Gasteiger partial charge < -0.3 is 5.32 Å². The third-order valence-electron chi connectivity index (χ3n) is 3.55. The van der Waals surface area contributed by atoms with Gasteiger partial charge in [0.1, 0.15) is 10.7 Å². The van der Waals surface area contributed by atoms with Crippen molar-refractivity contribution in [3.8, 4) is 0 Å². The van der Waals surface area contributed by atoms with Gasteiger partial charge in [0.25, 0.3) is 5.91 Å². The van der Waals surface area contributed by atoms with Gasteiger partial charge in [0.05, 0.1) is 0 Å². The molecule has 1 saturated carbocycles. The van der Waals surface area contributed by atoms with Crippen molar-refractivity contribution in [3.05, 3.63) is 29.1 Å². The Balaban J connectivity index is 2.29. The van der Waals surface area contributed by atoms with Gasteiger partial charge in [-0.05, 0) is 37.0 Å². The highest BCUT2D eigenvalue weighted by Crippen LogP contribution is 2.33. The minimum absolute atomic E-state index is 0.0736. The summed E-state index contributed by atoms with van der Waals surface area (Å²) in [6.07, 6.45) is 1.90. The zero-order chi connectivity index (χ0) is 15.1. The average molecular weight is 300 g/mol. The van der Waals surface area contributed by atoms with Crippen LogP contribution in [-0.4, -0.2) is 20.4 Å². The largest absolute Gasteiger partial charge is 0.349 e. The summed E-state index contributed by atoms with van der Waals surface area (Å²) < 4.78 is 36.4. The predicted octanol–water partition coefficient (Wildman–Crippen LogP) is 1.31. The zero-order valence-electron chi connectivity index (χ0n) is 11.3. The highest BCUT2D eigenvalue weighted by Gasteiger charge is 2.36. The molecule has 0 spiro atoms. The number of nitrogens with two attached hydrogens (primary N) is 1. The molecule has 1 fully saturated rings. The topological polar surface area (TPSA) is 89.3 Å². The van der Waals surface area contributed by atoms with Gasteiger partial charge in [-0.1, -0.05) is 13.3 Å². The molecule has 0 aromatic heterocycles. The molecule has 3 N–H and O–H groups in total. The molecule has 1 aliphatic rings. The fraction of sp³-hybridized carbons (Fsp3) is 0.462. The normalized spacial score (nSPS) is 21.6. The molecule has 7 heteroatoms. The molecule has 110 valence electrons. The van der Waals surface area contributed by atoms with Gasteiger partial charge in [-0.2, -0.15) is 0 Å². The lowest BCUT2D eigenvalue weighted by Crippen LogP contribution is -2.27. The van der Waals surface area contributed by atoms with E-state index in [0.717, 1.165) is 18.9 Å². The molecule has 0 heterocycles. The first-order chi connectivity index (χ1) is 9.24. The molecular weight excluding hydrogens is 283 g/mol. The lowest BCUT2D eigenvalue weighted by molar-refractivity contribution is 0.0948. The molecule has 5 nitrogen and oxygen atoms in total. The minimum atomic E-state index is -4.20. The van der Waals surface area contributed by atoms with Gasteiger partial charge in [-0.3, -0.25) is 4.79 Å². The van der Waals surface area contributed by atoms with Crippen molar-refractivity contribution in [1.82, 2.24) is 5.32 Å². The first kappa shape index (κ1) is 14.9. The number of carbonyl (C=O) groups excluding carboxylic acids is 1. The van der Waals surface area contributed by atoms with Crippen molar-refractivity contribution < 1.29 is 17.6 Å². The van der Waals surface area contributed by atoms with Gasteiger partial charge in [-0.15, -0.1) is 0 Å². The second-order valence-corrected chi connectivity index (χ2v) is 6.66. The Hall–Kier alpha value is -1.47. The number of amides is 1. The first-order valence-corrected chi connectivity index (χ1v) is 7.92. The Bertz CT molecular complexity index is 658. The molecule has 1 amide bonds. The van der Waals surface area contributed by atoms with Crippen LogP contribution in [0.4, 0.5) is 4.39 Å². The maximum Gasteiger partial charge on any atom is 0.251 e. The summed E-state index contributed by atoms with van der Waals surface area (Å²) in [5.41, 5.74) is 0.180. The lowest BCUT2D eigenvalue weighted by Gasteiger charge is -2.09. The van der Waals surface area contributed by atoms with Crippen LogP contribution < -0.4 is 10.5 Å². The SMILES string of the molecule is CCC1CC1NC(=O)c1cc(C)c(F)c(S(N)(=O)=O)c1. The van der Waals surface area contributed by atoms with Crippen LogP contribution >= 0.6 is 0 Å². The number of benzene rings is 1. The van der Waals surface area contributed by atoms with Crippen LogP contribution in [0, 0.1) is 18.7 Å². The number of hydrogen-bond acceptors (Lipinski definition) is 3. The second kappa shape index (κ2) is 5.14. The first-order valence-electron chi connectivity index (χ1n) is 6.37. The molecule has 2 atom stereocenters. The summed E-state index contributed by atoms with van der Waals surface area (Å²) in [6.45, 7) is 3.44. The van der Waals surface area contributed by atoms with Crippen LogP contribution in [0.1, 0.15) is 35.7 Å². The Kier molecular flexibility index (Phi) is 3.84. The minimum Gasteiger partial charge on any atom is -0.349 e. The molecule has 1 aromatic rings. The molecule has 2 unspecified atom stereocenters. The van der Waals surface area contributed by atoms with Gasteiger partial charge in [0.2, 0.25) is 10.0 Å². The monoisotopic (exact) mass is 300 g/mol. The van der Waals surface area contributed by atoms with Gasteiger partial charge >= 0.3 is 0 Å². The Morgan fingerprint density at radius 1 is 1.50 bits per heavy atom. The molecule has 1 aromatic carbocycles. The molecule has 2 rings (SSSR count). The lowest BCUT2D eigenvalue weighted by atomic mass is 10.1. The summed E-state index contributed by atoms with van der Waals surface area (Å²) in [6, 6.07) is 2.43. The number of carbonyl (C=O) groups is 1. The van der Waals surface area contributed by atoms with Gasteiger partial charge in [-0.25, -0.2) is 17.9 Å².